The number of aliphatic imine (C=N–C) groups is 1. The van der Waals surface area contributed by atoms with E-state index in [4.69, 9.17) is 15.0 Å². The summed E-state index contributed by atoms with van der Waals surface area (Å²) in [5.74, 6) is 1.81. The summed E-state index contributed by atoms with van der Waals surface area (Å²) in [5, 5.41) is 0. The lowest BCUT2D eigenvalue weighted by molar-refractivity contribution is 0.0663. The first-order valence-corrected chi connectivity index (χ1v) is 12.4. The molecule has 0 saturated carbocycles. The molecule has 6 heteroatoms. The first kappa shape index (κ1) is 24.3. The molecule has 2 aromatic rings. The SMILES string of the molecule is CC(=Nc1ncc(C2=CCCc3ncc(C(=O)N4CCN(C)CC4)cc32)cc1C)C(C)C(C)C.[HH]. The molecule has 2 aromatic heterocycles. The highest BCUT2D eigenvalue weighted by atomic mass is 16.2. The number of aromatic nitrogens is 2. The standard InChI is InChI=1S/C28H37N5O.H2/c1-18(2)20(4)21(5)31-27-19(3)14-22(16-30-27)24-8-7-9-26-25(24)15-23(17-29-26)28(34)33-12-10-32(6)11-13-33;/h8,14-18,20H,7,9-13H2,1-6H3;1H. The second-order valence-corrected chi connectivity index (χ2v) is 10.1. The Balaban J connectivity index is 0.00000342. The normalized spacial score (nSPS) is 18.0. The molecule has 182 valence electrons. The molecule has 1 amide bonds. The van der Waals surface area contributed by atoms with Crippen molar-refractivity contribution < 1.29 is 6.22 Å². The summed E-state index contributed by atoms with van der Waals surface area (Å²) in [4.78, 5) is 31.6. The number of nitrogens with zero attached hydrogens (tertiary/aromatic N) is 5. The van der Waals surface area contributed by atoms with Crippen LogP contribution in [0.3, 0.4) is 0 Å². The van der Waals surface area contributed by atoms with Crippen LogP contribution in [0.4, 0.5) is 5.82 Å². The molecular weight excluding hydrogens is 422 g/mol. The first-order valence-electron chi connectivity index (χ1n) is 12.4. The molecule has 0 bridgehead atoms. The second kappa shape index (κ2) is 10.2. The molecule has 1 saturated heterocycles. The van der Waals surface area contributed by atoms with Gasteiger partial charge in [0.2, 0.25) is 0 Å². The van der Waals surface area contributed by atoms with Crippen LogP contribution in [-0.4, -0.2) is 64.6 Å². The van der Waals surface area contributed by atoms with Crippen molar-refractivity contribution in [2.75, 3.05) is 33.2 Å². The quantitative estimate of drug-likeness (QED) is 0.576. The van der Waals surface area contributed by atoms with Crippen LogP contribution in [0, 0.1) is 18.8 Å². The molecule has 6 nitrogen and oxygen atoms in total. The fourth-order valence-electron chi connectivity index (χ4n) is 4.55. The maximum Gasteiger partial charge on any atom is 0.255 e. The van der Waals surface area contributed by atoms with Gasteiger partial charge in [-0.15, -0.1) is 0 Å². The minimum atomic E-state index is 0. The third kappa shape index (κ3) is 5.12. The predicted octanol–water partition coefficient (Wildman–Crippen LogP) is 5.18. The molecule has 4 rings (SSSR count). The van der Waals surface area contributed by atoms with Crippen LogP contribution in [0.25, 0.3) is 5.57 Å². The fraction of sp³-hybridized carbons (Fsp3) is 0.500. The third-order valence-corrected chi connectivity index (χ3v) is 7.33. The maximum absolute atomic E-state index is 13.2. The Morgan fingerprint density at radius 1 is 1.09 bits per heavy atom. The Morgan fingerprint density at radius 3 is 2.50 bits per heavy atom. The Labute approximate surface area is 205 Å². The van der Waals surface area contributed by atoms with Crippen LogP contribution < -0.4 is 0 Å². The Hall–Kier alpha value is -2.86. The van der Waals surface area contributed by atoms with Crippen LogP contribution >= 0.6 is 0 Å². The third-order valence-electron chi connectivity index (χ3n) is 7.33. The summed E-state index contributed by atoms with van der Waals surface area (Å²) in [6.45, 7) is 14.1. The Morgan fingerprint density at radius 2 is 1.82 bits per heavy atom. The van der Waals surface area contributed by atoms with Gasteiger partial charge in [0.1, 0.15) is 0 Å². The van der Waals surface area contributed by atoms with Gasteiger partial charge in [0.25, 0.3) is 5.91 Å². The number of allylic oxidation sites excluding steroid dienone is 1. The van der Waals surface area contributed by atoms with E-state index < -0.39 is 0 Å². The lowest BCUT2D eigenvalue weighted by Crippen LogP contribution is -2.47. The Bertz CT molecular complexity index is 1130. The number of amides is 1. The van der Waals surface area contributed by atoms with Crippen LogP contribution in [0.2, 0.25) is 0 Å². The average Bonchev–Trinajstić information content (AvgIpc) is 2.84. The molecule has 1 unspecified atom stereocenters. The van der Waals surface area contributed by atoms with E-state index in [1.807, 2.05) is 17.2 Å². The zero-order valence-electron chi connectivity index (χ0n) is 21.4. The maximum atomic E-state index is 13.2. The van der Waals surface area contributed by atoms with Gasteiger partial charge in [-0.3, -0.25) is 9.78 Å². The van der Waals surface area contributed by atoms with E-state index in [1.54, 1.807) is 6.20 Å². The number of rotatable bonds is 5. The Kier molecular flexibility index (Phi) is 7.27. The molecule has 1 fully saturated rings. The number of hydrogen-bond donors (Lipinski definition) is 0. The van der Waals surface area contributed by atoms with Crippen molar-refractivity contribution in [1.82, 2.24) is 19.8 Å². The lowest BCUT2D eigenvalue weighted by Gasteiger charge is -2.32. The van der Waals surface area contributed by atoms with E-state index in [0.717, 1.165) is 78.5 Å². The minimum absolute atomic E-state index is 0. The monoisotopic (exact) mass is 461 g/mol. The summed E-state index contributed by atoms with van der Waals surface area (Å²) in [6, 6.07) is 4.19. The van der Waals surface area contributed by atoms with E-state index in [-0.39, 0.29) is 7.33 Å². The van der Waals surface area contributed by atoms with Crippen molar-refractivity contribution in [1.29, 1.82) is 0 Å². The van der Waals surface area contributed by atoms with Crippen molar-refractivity contribution in [3.05, 3.63) is 58.6 Å². The zero-order chi connectivity index (χ0) is 24.4. The molecule has 3 heterocycles. The molecule has 1 atom stereocenters. The van der Waals surface area contributed by atoms with Gasteiger partial charge in [-0.2, -0.15) is 0 Å². The molecule has 0 radical (unpaired) electrons. The summed E-state index contributed by atoms with van der Waals surface area (Å²) in [6.07, 6.45) is 7.74. The highest BCUT2D eigenvalue weighted by molar-refractivity contribution is 5.96. The average molecular weight is 462 g/mol. The number of piperazine rings is 1. The molecule has 0 N–H and O–H groups in total. The highest BCUT2D eigenvalue weighted by Gasteiger charge is 2.24. The second-order valence-electron chi connectivity index (χ2n) is 10.1. The minimum Gasteiger partial charge on any atom is -0.336 e. The number of hydrogen-bond acceptors (Lipinski definition) is 5. The van der Waals surface area contributed by atoms with Crippen molar-refractivity contribution in [2.24, 2.45) is 16.8 Å². The van der Waals surface area contributed by atoms with Crippen molar-refractivity contribution in [2.45, 2.75) is 47.5 Å². The van der Waals surface area contributed by atoms with Gasteiger partial charge in [-0.1, -0.05) is 26.8 Å². The first-order chi connectivity index (χ1) is 16.2. The largest absolute Gasteiger partial charge is 0.336 e. The summed E-state index contributed by atoms with van der Waals surface area (Å²) < 4.78 is 0. The van der Waals surface area contributed by atoms with Gasteiger partial charge >= 0.3 is 0 Å². The molecular formula is C28H39N5O. The summed E-state index contributed by atoms with van der Waals surface area (Å²) >= 11 is 0. The number of carbonyl (C=O) groups is 1. The van der Waals surface area contributed by atoms with Gasteiger partial charge in [0.05, 0.1) is 5.56 Å². The van der Waals surface area contributed by atoms with Crippen molar-refractivity contribution in [3.63, 3.8) is 0 Å². The number of carbonyl (C=O) groups excluding carboxylic acids is 1. The number of pyridine rings is 2. The van der Waals surface area contributed by atoms with Crippen molar-refractivity contribution in [3.8, 4) is 0 Å². The van der Waals surface area contributed by atoms with Crippen LogP contribution in [0.5, 0.6) is 0 Å². The molecule has 0 aromatic carbocycles. The van der Waals surface area contributed by atoms with Crippen LogP contribution in [0.1, 0.15) is 68.3 Å². The van der Waals surface area contributed by atoms with Crippen LogP contribution in [0.15, 0.2) is 35.6 Å². The fourth-order valence-corrected chi connectivity index (χ4v) is 4.55. The van der Waals surface area contributed by atoms with E-state index in [0.29, 0.717) is 17.4 Å². The summed E-state index contributed by atoms with van der Waals surface area (Å²) in [7, 11) is 2.10. The topological polar surface area (TPSA) is 61.7 Å². The van der Waals surface area contributed by atoms with Gasteiger partial charge in [0, 0.05) is 62.5 Å². The van der Waals surface area contributed by atoms with Gasteiger partial charge in [-0.05, 0) is 68.8 Å². The molecule has 1 aliphatic carbocycles. The zero-order valence-corrected chi connectivity index (χ0v) is 21.4. The van der Waals surface area contributed by atoms with Gasteiger partial charge < -0.3 is 9.80 Å². The molecule has 34 heavy (non-hydrogen) atoms. The van der Waals surface area contributed by atoms with E-state index in [2.05, 4.69) is 58.7 Å². The van der Waals surface area contributed by atoms with Gasteiger partial charge in [0.15, 0.2) is 5.82 Å². The number of fused-ring (bicyclic) bond motifs is 1. The highest BCUT2D eigenvalue weighted by Crippen LogP contribution is 2.33. The van der Waals surface area contributed by atoms with E-state index >= 15 is 0 Å². The van der Waals surface area contributed by atoms with Gasteiger partial charge in [-0.25, -0.2) is 9.98 Å². The number of aryl methyl sites for hydroxylation is 2. The molecule has 0 spiro atoms. The smallest absolute Gasteiger partial charge is 0.255 e. The molecule has 2 aliphatic rings. The lowest BCUT2D eigenvalue weighted by atomic mass is 9.89. The number of likely N-dealkylation sites (N-methyl/N-ethyl adjacent to an activating group) is 1. The summed E-state index contributed by atoms with van der Waals surface area (Å²) in [5.41, 5.74) is 7.09. The van der Waals surface area contributed by atoms with Crippen molar-refractivity contribution >= 4 is 23.0 Å². The van der Waals surface area contributed by atoms with Crippen LogP contribution in [-0.2, 0) is 6.42 Å². The predicted molar refractivity (Wildman–Crippen MR) is 141 cm³/mol. The van der Waals surface area contributed by atoms with E-state index in [9.17, 15) is 4.79 Å². The molecule has 1 aliphatic heterocycles. The van der Waals surface area contributed by atoms with E-state index in [1.165, 1.54) is 0 Å².